The average Bonchev–Trinajstić information content (AvgIpc) is 2.51. The van der Waals surface area contributed by atoms with Gasteiger partial charge in [0.2, 0.25) is 0 Å². The van der Waals surface area contributed by atoms with Gasteiger partial charge in [-0.1, -0.05) is 13.8 Å². The van der Waals surface area contributed by atoms with Gasteiger partial charge in [-0.3, -0.25) is 4.90 Å². The van der Waals surface area contributed by atoms with Crippen LogP contribution in [0.4, 0.5) is 0 Å². The first-order valence-corrected chi connectivity index (χ1v) is 4.93. The van der Waals surface area contributed by atoms with Gasteiger partial charge in [-0.2, -0.15) is 0 Å². The van der Waals surface area contributed by atoms with Crippen LogP contribution in [-0.4, -0.2) is 30.3 Å². The summed E-state index contributed by atoms with van der Waals surface area (Å²) < 4.78 is 0. The highest BCUT2D eigenvalue weighted by Gasteiger charge is 2.21. The first-order chi connectivity index (χ1) is 5.74. The molecule has 0 bridgehead atoms. The van der Waals surface area contributed by atoms with Crippen molar-refractivity contribution in [1.82, 2.24) is 4.90 Å². The number of rotatable bonds is 4. The van der Waals surface area contributed by atoms with Gasteiger partial charge in [0, 0.05) is 0 Å². The van der Waals surface area contributed by atoms with Gasteiger partial charge in [0.25, 0.3) is 0 Å². The summed E-state index contributed by atoms with van der Waals surface area (Å²) in [6.07, 6.45) is 4.67. The average molecular weight is 169 g/mol. The zero-order valence-electron chi connectivity index (χ0n) is 8.12. The van der Waals surface area contributed by atoms with E-state index in [2.05, 4.69) is 18.7 Å². The van der Waals surface area contributed by atoms with E-state index in [1.807, 2.05) is 0 Å². The van der Waals surface area contributed by atoms with Crippen molar-refractivity contribution in [2.45, 2.75) is 39.2 Å². The van der Waals surface area contributed by atoms with Gasteiger partial charge in [0.1, 0.15) is 6.29 Å². The predicted molar refractivity (Wildman–Crippen MR) is 50.1 cm³/mol. The van der Waals surface area contributed by atoms with Gasteiger partial charge in [0.15, 0.2) is 0 Å². The molecule has 12 heavy (non-hydrogen) atoms. The Kier molecular flexibility index (Phi) is 3.73. The number of carbonyl (C=O) groups is 1. The molecule has 1 fully saturated rings. The molecule has 2 nitrogen and oxygen atoms in total. The molecule has 2 heteroatoms. The summed E-state index contributed by atoms with van der Waals surface area (Å²) in [7, 11) is 0. The fourth-order valence-corrected chi connectivity index (χ4v) is 1.85. The van der Waals surface area contributed by atoms with Crippen LogP contribution < -0.4 is 0 Å². The third-order valence-electron chi connectivity index (χ3n) is 2.48. The van der Waals surface area contributed by atoms with E-state index in [4.69, 9.17) is 0 Å². The molecule has 1 heterocycles. The lowest BCUT2D eigenvalue weighted by Crippen LogP contribution is -2.34. The number of aldehydes is 1. The van der Waals surface area contributed by atoms with Crippen LogP contribution in [0.15, 0.2) is 0 Å². The van der Waals surface area contributed by atoms with Crippen molar-refractivity contribution in [2.75, 3.05) is 13.1 Å². The fourth-order valence-electron chi connectivity index (χ4n) is 1.85. The smallest absolute Gasteiger partial charge is 0.137 e. The molecule has 0 saturated carbocycles. The number of hydrogen-bond acceptors (Lipinski definition) is 2. The third kappa shape index (κ3) is 2.59. The molecule has 1 atom stereocenters. The molecule has 0 aromatic heterocycles. The highest BCUT2D eigenvalue weighted by Crippen LogP contribution is 2.15. The molecular formula is C10H19NO. The van der Waals surface area contributed by atoms with Crippen molar-refractivity contribution in [3.63, 3.8) is 0 Å². The van der Waals surface area contributed by atoms with Crippen molar-refractivity contribution in [2.24, 2.45) is 5.92 Å². The molecule has 0 aromatic carbocycles. The third-order valence-corrected chi connectivity index (χ3v) is 2.48. The molecule has 1 saturated heterocycles. The molecule has 1 rings (SSSR count). The second-order valence-electron chi connectivity index (χ2n) is 4.08. The minimum absolute atomic E-state index is 0.187. The zero-order chi connectivity index (χ0) is 8.97. The molecule has 0 unspecified atom stereocenters. The summed E-state index contributed by atoms with van der Waals surface area (Å²) in [5.74, 6) is 0.626. The summed E-state index contributed by atoms with van der Waals surface area (Å²) in [5.41, 5.74) is 0. The SMILES string of the molecule is CC(C)C[C@H](C=O)N1CCCC1. The Morgan fingerprint density at radius 3 is 2.33 bits per heavy atom. The van der Waals surface area contributed by atoms with E-state index in [1.165, 1.54) is 12.8 Å². The maximum Gasteiger partial charge on any atom is 0.137 e. The summed E-state index contributed by atoms with van der Waals surface area (Å²) in [4.78, 5) is 13.1. The minimum atomic E-state index is 0.187. The normalized spacial score (nSPS) is 21.6. The van der Waals surface area contributed by atoms with E-state index in [0.717, 1.165) is 25.8 Å². The van der Waals surface area contributed by atoms with Crippen molar-refractivity contribution in [3.05, 3.63) is 0 Å². The first kappa shape index (κ1) is 9.72. The van der Waals surface area contributed by atoms with E-state index in [0.29, 0.717) is 5.92 Å². The minimum Gasteiger partial charge on any atom is -0.302 e. The Morgan fingerprint density at radius 1 is 1.33 bits per heavy atom. The number of nitrogens with zero attached hydrogens (tertiary/aromatic N) is 1. The monoisotopic (exact) mass is 169 g/mol. The van der Waals surface area contributed by atoms with Crippen LogP contribution in [0.2, 0.25) is 0 Å². The van der Waals surface area contributed by atoms with Crippen molar-refractivity contribution in [1.29, 1.82) is 0 Å². The van der Waals surface area contributed by atoms with E-state index >= 15 is 0 Å². The largest absolute Gasteiger partial charge is 0.302 e. The Labute approximate surface area is 74.9 Å². The maximum atomic E-state index is 10.8. The highest BCUT2D eigenvalue weighted by molar-refractivity contribution is 5.57. The number of hydrogen-bond donors (Lipinski definition) is 0. The molecule has 0 radical (unpaired) electrons. The highest BCUT2D eigenvalue weighted by atomic mass is 16.1. The molecule has 0 aromatic rings. The van der Waals surface area contributed by atoms with Crippen LogP contribution in [-0.2, 0) is 4.79 Å². The topological polar surface area (TPSA) is 20.3 Å². The molecule has 70 valence electrons. The van der Waals surface area contributed by atoms with Gasteiger partial charge in [-0.15, -0.1) is 0 Å². The van der Waals surface area contributed by atoms with Crippen molar-refractivity contribution in [3.8, 4) is 0 Å². The predicted octanol–water partition coefficient (Wildman–Crippen LogP) is 1.70. The van der Waals surface area contributed by atoms with Gasteiger partial charge in [-0.05, 0) is 38.3 Å². The zero-order valence-corrected chi connectivity index (χ0v) is 8.12. The molecule has 0 N–H and O–H groups in total. The van der Waals surface area contributed by atoms with Crippen LogP contribution in [0.1, 0.15) is 33.1 Å². The molecule has 0 aliphatic carbocycles. The maximum absolute atomic E-state index is 10.8. The molecular weight excluding hydrogens is 150 g/mol. The Bertz CT molecular complexity index is 139. The fraction of sp³-hybridized carbons (Fsp3) is 0.900. The van der Waals surface area contributed by atoms with E-state index < -0.39 is 0 Å². The van der Waals surface area contributed by atoms with Crippen LogP contribution in [0.3, 0.4) is 0 Å². The summed E-state index contributed by atoms with van der Waals surface area (Å²) in [6.45, 7) is 6.59. The molecule has 1 aliphatic heterocycles. The first-order valence-electron chi connectivity index (χ1n) is 4.93. The lowest BCUT2D eigenvalue weighted by atomic mass is 10.0. The van der Waals surface area contributed by atoms with Crippen LogP contribution >= 0.6 is 0 Å². The summed E-state index contributed by atoms with van der Waals surface area (Å²) in [6, 6.07) is 0.187. The van der Waals surface area contributed by atoms with Gasteiger partial charge < -0.3 is 4.79 Å². The lowest BCUT2D eigenvalue weighted by molar-refractivity contribution is -0.112. The lowest BCUT2D eigenvalue weighted by Gasteiger charge is -2.23. The Hall–Kier alpha value is -0.370. The second kappa shape index (κ2) is 4.61. The molecule has 1 aliphatic rings. The van der Waals surface area contributed by atoms with Crippen molar-refractivity contribution < 1.29 is 4.79 Å². The van der Waals surface area contributed by atoms with Gasteiger partial charge >= 0.3 is 0 Å². The van der Waals surface area contributed by atoms with Crippen LogP contribution in [0.25, 0.3) is 0 Å². The van der Waals surface area contributed by atoms with E-state index in [9.17, 15) is 4.79 Å². The summed E-state index contributed by atoms with van der Waals surface area (Å²) in [5, 5.41) is 0. The quantitative estimate of drug-likeness (QED) is 0.597. The van der Waals surface area contributed by atoms with E-state index in [1.54, 1.807) is 0 Å². The summed E-state index contributed by atoms with van der Waals surface area (Å²) >= 11 is 0. The Balaban J connectivity index is 2.37. The van der Waals surface area contributed by atoms with Gasteiger partial charge in [0.05, 0.1) is 6.04 Å². The second-order valence-corrected chi connectivity index (χ2v) is 4.08. The standard InChI is InChI=1S/C10H19NO/c1-9(2)7-10(8-12)11-5-3-4-6-11/h8-10H,3-7H2,1-2H3/t10-/m1/s1. The molecule has 0 spiro atoms. The van der Waals surface area contributed by atoms with Gasteiger partial charge in [-0.25, -0.2) is 0 Å². The molecule has 0 amide bonds. The van der Waals surface area contributed by atoms with Crippen LogP contribution in [0, 0.1) is 5.92 Å². The number of carbonyl (C=O) groups excluding carboxylic acids is 1. The number of likely N-dealkylation sites (tertiary alicyclic amines) is 1. The van der Waals surface area contributed by atoms with Crippen LogP contribution in [0.5, 0.6) is 0 Å². The van der Waals surface area contributed by atoms with Crippen molar-refractivity contribution >= 4 is 6.29 Å². The van der Waals surface area contributed by atoms with E-state index in [-0.39, 0.29) is 6.04 Å². The Morgan fingerprint density at radius 2 is 1.92 bits per heavy atom.